The number of nitrogens with zero attached hydrogens (tertiary/aromatic N) is 5. The first-order valence-corrected chi connectivity index (χ1v) is 10.4. The van der Waals surface area contributed by atoms with Gasteiger partial charge in [-0.25, -0.2) is 14.8 Å². The van der Waals surface area contributed by atoms with Crippen molar-refractivity contribution in [3.8, 4) is 0 Å². The van der Waals surface area contributed by atoms with E-state index in [1.54, 1.807) is 4.57 Å². The number of fused-ring (bicyclic) bond motifs is 1. The Kier molecular flexibility index (Phi) is 3.87. The van der Waals surface area contributed by atoms with Crippen molar-refractivity contribution >= 4 is 45.9 Å². The molecule has 2 aliphatic carbocycles. The van der Waals surface area contributed by atoms with Gasteiger partial charge in [0.2, 0.25) is 0 Å². The van der Waals surface area contributed by atoms with Crippen LogP contribution in [0.25, 0.3) is 11.0 Å². The lowest BCUT2D eigenvalue weighted by Gasteiger charge is -2.11. The second-order valence-corrected chi connectivity index (χ2v) is 8.82. The quantitative estimate of drug-likeness (QED) is 0.510. The average molecular weight is 409 g/mol. The molecule has 3 aromatic heterocycles. The summed E-state index contributed by atoms with van der Waals surface area (Å²) in [5.74, 6) is 1.47. The molecule has 1 N–H and O–H groups in total. The molecule has 0 unspecified atom stereocenters. The maximum atomic E-state index is 12.5. The topological polar surface area (TPSA) is 106 Å². The Labute approximate surface area is 160 Å². The lowest BCUT2D eigenvalue weighted by molar-refractivity contribution is 0.691. The van der Waals surface area contributed by atoms with E-state index in [0.717, 1.165) is 37.2 Å². The summed E-state index contributed by atoms with van der Waals surface area (Å²) in [5, 5.41) is 4.94. The van der Waals surface area contributed by atoms with Crippen LogP contribution >= 0.6 is 34.9 Å². The zero-order chi connectivity index (χ0) is 17.8. The van der Waals surface area contributed by atoms with Gasteiger partial charge in [-0.05, 0) is 25.7 Å². The SMILES string of the molecule is O=c1[nH]c(=O)n(C2CC2)c2nc(C3CC3)nc(SCc3nnsc3Cl)c12. The summed E-state index contributed by atoms with van der Waals surface area (Å²) >= 11 is 8.58. The summed E-state index contributed by atoms with van der Waals surface area (Å²) in [6.45, 7) is 0. The Hall–Kier alpha value is -1.78. The zero-order valence-corrected chi connectivity index (χ0v) is 15.8. The van der Waals surface area contributed by atoms with Crippen LogP contribution in [0.4, 0.5) is 0 Å². The second-order valence-electron chi connectivity index (χ2n) is 6.50. The number of thioether (sulfide) groups is 1. The number of H-pyrrole nitrogens is 1. The minimum absolute atomic E-state index is 0.110. The van der Waals surface area contributed by atoms with E-state index in [2.05, 4.69) is 24.5 Å². The molecular weight excluding hydrogens is 396 g/mol. The maximum absolute atomic E-state index is 12.5. The predicted molar refractivity (Wildman–Crippen MR) is 99.1 cm³/mol. The fraction of sp³-hybridized carbons (Fsp3) is 0.467. The number of halogens is 1. The van der Waals surface area contributed by atoms with Gasteiger partial charge < -0.3 is 0 Å². The molecule has 0 amide bonds. The standard InChI is InChI=1S/C15H13ClN6O2S2/c16-10-8(20-21-26-10)5-25-14-9-12(17-11(18-14)6-1-2-6)22(7-3-4-7)15(24)19-13(9)23/h6-7H,1-5H2,(H,19,23,24). The Morgan fingerprint density at radius 3 is 2.69 bits per heavy atom. The van der Waals surface area contributed by atoms with E-state index in [0.29, 0.717) is 43.6 Å². The molecular formula is C15H13ClN6O2S2. The molecule has 0 radical (unpaired) electrons. The van der Waals surface area contributed by atoms with Crippen molar-refractivity contribution in [1.29, 1.82) is 0 Å². The Bertz CT molecular complexity index is 1130. The van der Waals surface area contributed by atoms with Crippen LogP contribution in [-0.4, -0.2) is 29.1 Å². The third-order valence-corrected chi connectivity index (χ3v) is 6.45. The first-order chi connectivity index (χ1) is 12.6. The van der Waals surface area contributed by atoms with Crippen molar-refractivity contribution in [3.63, 3.8) is 0 Å². The van der Waals surface area contributed by atoms with Gasteiger partial charge in [-0.15, -0.1) is 5.10 Å². The second kappa shape index (κ2) is 6.14. The molecule has 0 aromatic carbocycles. The molecule has 11 heteroatoms. The molecule has 2 aliphatic rings. The predicted octanol–water partition coefficient (Wildman–Crippen LogP) is 2.49. The van der Waals surface area contributed by atoms with Crippen molar-refractivity contribution in [1.82, 2.24) is 29.1 Å². The smallest absolute Gasteiger partial charge is 0.274 e. The number of aromatic amines is 1. The first-order valence-electron chi connectivity index (χ1n) is 8.28. The summed E-state index contributed by atoms with van der Waals surface area (Å²) in [6.07, 6.45) is 3.92. The van der Waals surface area contributed by atoms with E-state index in [1.807, 2.05) is 0 Å². The van der Waals surface area contributed by atoms with Gasteiger partial charge in [0, 0.05) is 29.2 Å². The summed E-state index contributed by atoms with van der Waals surface area (Å²) < 4.78 is 5.97. The highest BCUT2D eigenvalue weighted by Gasteiger charge is 2.32. The molecule has 0 spiro atoms. The van der Waals surface area contributed by atoms with E-state index < -0.39 is 11.2 Å². The molecule has 3 aromatic rings. The molecule has 134 valence electrons. The van der Waals surface area contributed by atoms with Gasteiger partial charge in [0.25, 0.3) is 5.56 Å². The Morgan fingerprint density at radius 1 is 1.23 bits per heavy atom. The molecule has 0 saturated heterocycles. The number of rotatable bonds is 5. The third-order valence-electron chi connectivity index (χ3n) is 4.48. The molecule has 5 rings (SSSR count). The van der Waals surface area contributed by atoms with Gasteiger partial charge in [0.15, 0.2) is 5.65 Å². The summed E-state index contributed by atoms with van der Waals surface area (Å²) in [6, 6.07) is 0.110. The summed E-state index contributed by atoms with van der Waals surface area (Å²) in [5.41, 5.74) is 0.263. The van der Waals surface area contributed by atoms with Crippen LogP contribution in [-0.2, 0) is 5.75 Å². The molecule has 0 bridgehead atoms. The van der Waals surface area contributed by atoms with E-state index in [1.165, 1.54) is 11.8 Å². The monoisotopic (exact) mass is 408 g/mol. The highest BCUT2D eigenvalue weighted by atomic mass is 35.5. The highest BCUT2D eigenvalue weighted by Crippen LogP contribution is 2.41. The molecule has 2 saturated carbocycles. The highest BCUT2D eigenvalue weighted by molar-refractivity contribution is 7.98. The first kappa shape index (κ1) is 16.4. The average Bonchev–Trinajstić information content (AvgIpc) is 3.51. The number of nitrogens with one attached hydrogen (secondary N) is 1. The lowest BCUT2D eigenvalue weighted by atomic mass is 10.3. The van der Waals surface area contributed by atoms with E-state index in [-0.39, 0.29) is 6.04 Å². The van der Waals surface area contributed by atoms with Crippen molar-refractivity contribution < 1.29 is 0 Å². The number of aromatic nitrogens is 6. The lowest BCUT2D eigenvalue weighted by Crippen LogP contribution is -2.31. The fourth-order valence-electron chi connectivity index (χ4n) is 2.85. The van der Waals surface area contributed by atoms with Crippen LogP contribution in [0.1, 0.15) is 49.2 Å². The van der Waals surface area contributed by atoms with Crippen LogP contribution in [0.2, 0.25) is 4.34 Å². The molecule has 8 nitrogen and oxygen atoms in total. The molecule has 3 heterocycles. The zero-order valence-electron chi connectivity index (χ0n) is 13.4. The van der Waals surface area contributed by atoms with Crippen molar-refractivity contribution in [2.75, 3.05) is 0 Å². The van der Waals surface area contributed by atoms with E-state index in [9.17, 15) is 9.59 Å². The Morgan fingerprint density at radius 2 is 2.04 bits per heavy atom. The van der Waals surface area contributed by atoms with Crippen molar-refractivity contribution in [3.05, 3.63) is 36.7 Å². The minimum Gasteiger partial charge on any atom is -0.274 e. The molecule has 26 heavy (non-hydrogen) atoms. The van der Waals surface area contributed by atoms with E-state index >= 15 is 0 Å². The van der Waals surface area contributed by atoms with E-state index in [4.69, 9.17) is 11.6 Å². The maximum Gasteiger partial charge on any atom is 0.330 e. The van der Waals surface area contributed by atoms with Crippen LogP contribution in [0.15, 0.2) is 14.6 Å². The fourth-order valence-corrected chi connectivity index (χ4v) is 4.61. The van der Waals surface area contributed by atoms with Gasteiger partial charge in [0.1, 0.15) is 26.3 Å². The van der Waals surface area contributed by atoms with Crippen molar-refractivity contribution in [2.24, 2.45) is 0 Å². The van der Waals surface area contributed by atoms with Crippen LogP contribution in [0.3, 0.4) is 0 Å². The van der Waals surface area contributed by atoms with Gasteiger partial charge in [-0.1, -0.05) is 27.9 Å². The van der Waals surface area contributed by atoms with Gasteiger partial charge in [0.05, 0.1) is 0 Å². The van der Waals surface area contributed by atoms with Gasteiger partial charge >= 0.3 is 5.69 Å². The van der Waals surface area contributed by atoms with Crippen molar-refractivity contribution in [2.45, 2.75) is 48.4 Å². The van der Waals surface area contributed by atoms with Gasteiger partial charge in [-0.2, -0.15) is 0 Å². The summed E-state index contributed by atoms with van der Waals surface area (Å²) in [7, 11) is 0. The molecule has 0 aliphatic heterocycles. The number of hydrogen-bond donors (Lipinski definition) is 1. The van der Waals surface area contributed by atoms with Crippen LogP contribution < -0.4 is 11.2 Å². The minimum atomic E-state index is -0.450. The summed E-state index contributed by atoms with van der Waals surface area (Å²) in [4.78, 5) is 36.5. The van der Waals surface area contributed by atoms with Crippen LogP contribution in [0, 0.1) is 0 Å². The largest absolute Gasteiger partial charge is 0.330 e. The van der Waals surface area contributed by atoms with Crippen LogP contribution in [0.5, 0.6) is 0 Å². The molecule has 0 atom stereocenters. The third kappa shape index (κ3) is 2.85. The number of hydrogen-bond acceptors (Lipinski definition) is 8. The Balaban J connectivity index is 1.68. The normalized spacial score (nSPS) is 17.1. The van der Waals surface area contributed by atoms with Gasteiger partial charge in [-0.3, -0.25) is 14.3 Å². The molecule has 2 fully saturated rings.